The molecule has 24 heavy (non-hydrogen) atoms. The van der Waals surface area contributed by atoms with E-state index in [-0.39, 0.29) is 0 Å². The number of halogens is 4. The van der Waals surface area contributed by atoms with Crippen LogP contribution in [0, 0.1) is 0 Å². The van der Waals surface area contributed by atoms with Crippen LogP contribution in [0.25, 0.3) is 0 Å². The van der Waals surface area contributed by atoms with E-state index in [0.717, 1.165) is 0 Å². The number of benzene rings is 1. The molecule has 1 rings (SSSR count). The number of hydrogen-bond acceptors (Lipinski definition) is 4. The van der Waals surface area contributed by atoms with Crippen LogP contribution < -0.4 is 0 Å². The normalized spacial score (nSPS) is 26.3. The van der Waals surface area contributed by atoms with Gasteiger partial charge in [0, 0.05) is 19.2 Å². The van der Waals surface area contributed by atoms with E-state index in [1.807, 2.05) is 0 Å². The van der Waals surface area contributed by atoms with Crippen molar-refractivity contribution >= 4 is 58.3 Å². The monoisotopic (exact) mass is 432 g/mol. The van der Waals surface area contributed by atoms with E-state index in [1.54, 1.807) is 0 Å². The molecule has 0 unspecified atom stereocenters. The van der Waals surface area contributed by atoms with E-state index in [4.69, 9.17) is 71.1 Å². The van der Waals surface area contributed by atoms with Gasteiger partial charge in [-0.05, 0) is 12.7 Å². The summed E-state index contributed by atoms with van der Waals surface area (Å²) in [5.74, 6) is -4.38. The molecule has 0 N–H and O–H groups in total. The SMILES string of the molecule is [2H]C([2H])([2H])C([2H])([2H])C([2H])([2H])C([2H])([2H])OC(=O)c1c(Cl)c(Cl)c(Cl)c(Cl)c1C(=O)OC([2H])([2H])C([2H])([2H])C([2H])([2H])C([2H])([2H])[2H]. The molecular formula is C16H18Cl4O4. The number of carbonyl (C=O) groups is 2. The average Bonchev–Trinajstić information content (AvgIpc) is 2.76. The van der Waals surface area contributed by atoms with Crippen LogP contribution in [-0.4, -0.2) is 25.1 Å². The van der Waals surface area contributed by atoms with E-state index < -0.39 is 95.5 Å². The fourth-order valence-electron chi connectivity index (χ4n) is 1.31. The first-order valence-electron chi connectivity index (χ1n) is 14.5. The van der Waals surface area contributed by atoms with Gasteiger partial charge in [-0.15, -0.1) is 0 Å². The predicted molar refractivity (Wildman–Crippen MR) is 96.9 cm³/mol. The summed E-state index contributed by atoms with van der Waals surface area (Å²) in [6.45, 7) is -15.9. The van der Waals surface area contributed by atoms with E-state index in [2.05, 4.69) is 9.47 Å². The Labute approximate surface area is 186 Å². The molecule has 0 saturated heterocycles. The Bertz CT molecular complexity index is 1160. The molecule has 134 valence electrons. The summed E-state index contributed by atoms with van der Waals surface area (Å²) in [5.41, 5.74) is -2.88. The molecule has 0 spiro atoms. The second-order valence-electron chi connectivity index (χ2n) is 3.49. The first kappa shape index (κ1) is 6.80. The van der Waals surface area contributed by atoms with Crippen LogP contribution in [0.15, 0.2) is 0 Å². The highest BCUT2D eigenvalue weighted by Gasteiger charge is 2.30. The third kappa shape index (κ3) is 5.16. The Hall–Kier alpha value is -0.680. The summed E-state index contributed by atoms with van der Waals surface area (Å²) in [4.78, 5) is 26.1. The van der Waals surface area contributed by atoms with Crippen LogP contribution in [-0.2, 0) is 9.47 Å². The predicted octanol–water partition coefficient (Wildman–Crippen LogP) is 6.21. The van der Waals surface area contributed by atoms with Gasteiger partial charge in [0.25, 0.3) is 0 Å². The Balaban J connectivity index is 3.81. The summed E-state index contributed by atoms with van der Waals surface area (Å²) in [6.07, 6.45) is -16.3. The summed E-state index contributed by atoms with van der Waals surface area (Å²) in [6, 6.07) is 0. The maximum absolute atomic E-state index is 13.1. The molecule has 0 aromatic heterocycles. The summed E-state index contributed by atoms with van der Waals surface area (Å²) in [7, 11) is 0. The second kappa shape index (κ2) is 10.3. The average molecular weight is 434 g/mol. The fourth-order valence-corrected chi connectivity index (χ4v) is 2.32. The quantitative estimate of drug-likeness (QED) is 0.277. The van der Waals surface area contributed by atoms with Gasteiger partial charge in [-0.2, -0.15) is 0 Å². The Morgan fingerprint density at radius 3 is 1.54 bits per heavy atom. The lowest BCUT2D eigenvalue weighted by atomic mass is 10.1. The number of hydrogen-bond donors (Lipinski definition) is 0. The molecule has 0 aliphatic carbocycles. The zero-order chi connectivity index (χ0) is 34.0. The first-order chi connectivity index (χ1) is 18.2. The third-order valence-corrected chi connectivity index (χ3v) is 3.99. The molecule has 8 heteroatoms. The van der Waals surface area contributed by atoms with Crippen molar-refractivity contribution in [3.8, 4) is 0 Å². The molecule has 0 heterocycles. The molecule has 0 atom stereocenters. The van der Waals surface area contributed by atoms with Crippen molar-refractivity contribution in [1.82, 2.24) is 0 Å². The molecule has 0 amide bonds. The lowest BCUT2D eigenvalue weighted by Crippen LogP contribution is -2.17. The van der Waals surface area contributed by atoms with Crippen molar-refractivity contribution in [3.05, 3.63) is 31.2 Å². The van der Waals surface area contributed by atoms with E-state index >= 15 is 0 Å². The van der Waals surface area contributed by atoms with E-state index in [0.29, 0.717) is 0 Å². The van der Waals surface area contributed by atoms with Crippen LogP contribution in [0.1, 0.15) is 84.6 Å². The highest BCUT2D eigenvalue weighted by molar-refractivity contribution is 6.54. The molecule has 1 aromatic rings. The van der Waals surface area contributed by atoms with Gasteiger partial charge >= 0.3 is 11.9 Å². The zero-order valence-electron chi connectivity index (χ0n) is 29.1. The lowest BCUT2D eigenvalue weighted by Gasteiger charge is -2.15. The van der Waals surface area contributed by atoms with Crippen molar-refractivity contribution in [3.63, 3.8) is 0 Å². The van der Waals surface area contributed by atoms with Gasteiger partial charge in [0.2, 0.25) is 0 Å². The highest BCUT2D eigenvalue weighted by Crippen LogP contribution is 2.42. The minimum Gasteiger partial charge on any atom is -0.462 e. The van der Waals surface area contributed by atoms with Crippen molar-refractivity contribution < 1.29 is 43.7 Å². The van der Waals surface area contributed by atoms with Crippen molar-refractivity contribution in [2.75, 3.05) is 13.1 Å². The molecule has 0 bridgehead atoms. The highest BCUT2D eigenvalue weighted by atomic mass is 35.5. The fraction of sp³-hybridized carbons (Fsp3) is 0.500. The second-order valence-corrected chi connectivity index (χ2v) is 5.00. The molecule has 0 saturated carbocycles. The van der Waals surface area contributed by atoms with Crippen LogP contribution in [0.3, 0.4) is 0 Å². The smallest absolute Gasteiger partial charge is 0.340 e. The summed E-state index contributed by atoms with van der Waals surface area (Å²) in [5, 5.41) is -3.85. The molecule has 0 radical (unpaired) electrons. The van der Waals surface area contributed by atoms with Gasteiger partial charge in [0.05, 0.1) is 49.8 Å². The van der Waals surface area contributed by atoms with Crippen molar-refractivity contribution in [1.29, 1.82) is 0 Å². The molecule has 0 fully saturated rings. The van der Waals surface area contributed by atoms with Gasteiger partial charge in [0.1, 0.15) is 0 Å². The molecular weight excluding hydrogens is 398 g/mol. The maximum Gasteiger partial charge on any atom is 0.340 e. The van der Waals surface area contributed by atoms with Crippen LogP contribution in [0.4, 0.5) is 0 Å². The van der Waals surface area contributed by atoms with Crippen LogP contribution >= 0.6 is 46.4 Å². The minimum absolute atomic E-state index is 0.828. The maximum atomic E-state index is 13.1. The largest absolute Gasteiger partial charge is 0.462 e. The van der Waals surface area contributed by atoms with E-state index in [9.17, 15) is 9.59 Å². The van der Waals surface area contributed by atoms with Crippen LogP contribution in [0.2, 0.25) is 20.1 Å². The number of ether oxygens (including phenoxy) is 2. The number of carbonyl (C=O) groups excluding carboxylic acids is 2. The van der Waals surface area contributed by atoms with Gasteiger partial charge in [-0.25, -0.2) is 9.59 Å². The minimum atomic E-state index is -4.16. The van der Waals surface area contributed by atoms with E-state index in [1.165, 1.54) is 0 Å². The van der Waals surface area contributed by atoms with Gasteiger partial charge < -0.3 is 9.47 Å². The molecule has 0 aliphatic rings. The number of esters is 2. The first-order valence-corrected chi connectivity index (χ1v) is 6.99. The molecule has 0 aliphatic heterocycles. The lowest BCUT2D eigenvalue weighted by molar-refractivity contribution is 0.0452. The summed E-state index contributed by atoms with van der Waals surface area (Å²) >= 11 is 23.6. The van der Waals surface area contributed by atoms with Crippen molar-refractivity contribution in [2.24, 2.45) is 0 Å². The Morgan fingerprint density at radius 1 is 0.833 bits per heavy atom. The number of rotatable bonds is 8. The van der Waals surface area contributed by atoms with Crippen LogP contribution in [0.5, 0.6) is 0 Å². The zero-order valence-corrected chi connectivity index (χ0v) is 14.2. The Kier molecular flexibility index (Phi) is 2.93. The standard InChI is InChI=1S/C16H18Cl4O4/c1-3-5-7-23-15(21)9-10(16(22)24-8-6-4-2)12(18)14(20)13(19)11(9)17/h3-8H2,1-2H3/i1D3,2D3,3D2,4D2,5D2,6D2,7D2,8D2. The van der Waals surface area contributed by atoms with Gasteiger partial charge in [0.15, 0.2) is 0 Å². The molecule has 1 aromatic carbocycles. The van der Waals surface area contributed by atoms with Gasteiger partial charge in [-0.1, -0.05) is 72.9 Å². The topological polar surface area (TPSA) is 52.6 Å². The molecule has 4 nitrogen and oxygen atoms in total. The Morgan fingerprint density at radius 2 is 1.21 bits per heavy atom. The van der Waals surface area contributed by atoms with Crippen molar-refractivity contribution in [2.45, 2.75) is 39.2 Å². The van der Waals surface area contributed by atoms with Gasteiger partial charge in [-0.3, -0.25) is 0 Å². The third-order valence-electron chi connectivity index (χ3n) is 2.19. The summed E-state index contributed by atoms with van der Waals surface area (Å²) < 4.78 is 144.